The summed E-state index contributed by atoms with van der Waals surface area (Å²) in [6.45, 7) is 2.98. The summed E-state index contributed by atoms with van der Waals surface area (Å²) in [7, 11) is 0. The number of H-pyrrole nitrogens is 1. The zero-order chi connectivity index (χ0) is 18.6. The minimum absolute atomic E-state index is 0.00141. The number of aromatic amines is 1. The van der Waals surface area contributed by atoms with Gasteiger partial charge in [-0.05, 0) is 49.7 Å². The minimum Gasteiger partial charge on any atom is -0.468 e. The van der Waals surface area contributed by atoms with Crippen LogP contribution in [-0.2, 0) is 17.8 Å². The summed E-state index contributed by atoms with van der Waals surface area (Å²) in [5, 5.41) is 3.01. The third-order valence-electron chi connectivity index (χ3n) is 4.99. The van der Waals surface area contributed by atoms with Crippen molar-refractivity contribution in [2.75, 3.05) is 19.6 Å². The lowest BCUT2D eigenvalue weighted by atomic mass is 9.97. The van der Waals surface area contributed by atoms with Gasteiger partial charge in [0.15, 0.2) is 0 Å². The summed E-state index contributed by atoms with van der Waals surface area (Å²) < 4.78 is 18.6. The van der Waals surface area contributed by atoms with E-state index in [0.29, 0.717) is 18.5 Å². The molecular formula is C20H23FN4O2. The Morgan fingerprint density at radius 1 is 1.41 bits per heavy atom. The van der Waals surface area contributed by atoms with E-state index in [1.165, 1.54) is 12.1 Å². The van der Waals surface area contributed by atoms with Gasteiger partial charge in [0.1, 0.15) is 17.4 Å². The molecule has 3 heterocycles. The maximum Gasteiger partial charge on any atom is 0.224 e. The van der Waals surface area contributed by atoms with Crippen molar-refractivity contribution in [3.63, 3.8) is 0 Å². The number of aromatic nitrogens is 2. The van der Waals surface area contributed by atoms with Gasteiger partial charge in [0.2, 0.25) is 5.91 Å². The maximum atomic E-state index is 13.2. The van der Waals surface area contributed by atoms with E-state index >= 15 is 0 Å². The maximum absolute atomic E-state index is 13.2. The molecule has 0 spiro atoms. The fourth-order valence-electron chi connectivity index (χ4n) is 3.64. The number of piperidine rings is 1. The van der Waals surface area contributed by atoms with Crippen molar-refractivity contribution in [2.24, 2.45) is 5.92 Å². The van der Waals surface area contributed by atoms with E-state index in [1.54, 1.807) is 12.3 Å². The number of fused-ring (bicyclic) bond motifs is 1. The van der Waals surface area contributed by atoms with Crippen molar-refractivity contribution in [1.82, 2.24) is 20.2 Å². The second-order valence-electron chi connectivity index (χ2n) is 7.04. The fraction of sp³-hybridized carbons (Fsp3) is 0.400. The van der Waals surface area contributed by atoms with Crippen molar-refractivity contribution < 1.29 is 13.6 Å². The number of amides is 1. The van der Waals surface area contributed by atoms with Crippen LogP contribution in [0.25, 0.3) is 11.0 Å². The molecule has 0 saturated carbocycles. The first-order valence-electron chi connectivity index (χ1n) is 9.34. The zero-order valence-corrected chi connectivity index (χ0v) is 15.1. The number of hydrogen-bond acceptors (Lipinski definition) is 4. The Morgan fingerprint density at radius 3 is 3.19 bits per heavy atom. The lowest BCUT2D eigenvalue weighted by molar-refractivity contribution is -0.126. The quantitative estimate of drug-likeness (QED) is 0.700. The van der Waals surface area contributed by atoms with Gasteiger partial charge in [0, 0.05) is 19.5 Å². The van der Waals surface area contributed by atoms with Crippen LogP contribution < -0.4 is 5.32 Å². The third kappa shape index (κ3) is 4.36. The Balaban J connectivity index is 1.26. The van der Waals surface area contributed by atoms with E-state index in [9.17, 15) is 9.18 Å². The van der Waals surface area contributed by atoms with Gasteiger partial charge in [-0.25, -0.2) is 9.37 Å². The van der Waals surface area contributed by atoms with Crippen LogP contribution in [0.2, 0.25) is 0 Å². The van der Waals surface area contributed by atoms with Gasteiger partial charge in [0.05, 0.1) is 29.8 Å². The average Bonchev–Trinajstić information content (AvgIpc) is 3.31. The number of hydrogen-bond donors (Lipinski definition) is 2. The number of nitrogens with zero attached hydrogens (tertiary/aromatic N) is 2. The molecule has 0 aliphatic carbocycles. The van der Waals surface area contributed by atoms with Gasteiger partial charge in [0.25, 0.3) is 0 Å². The Labute approximate surface area is 156 Å². The number of carbonyl (C=O) groups is 1. The summed E-state index contributed by atoms with van der Waals surface area (Å²) in [4.78, 5) is 22.3. The van der Waals surface area contributed by atoms with Crippen LogP contribution in [0.4, 0.5) is 4.39 Å². The van der Waals surface area contributed by atoms with Crippen molar-refractivity contribution in [1.29, 1.82) is 0 Å². The predicted molar refractivity (Wildman–Crippen MR) is 99.5 cm³/mol. The molecule has 1 aliphatic heterocycles. The SMILES string of the molecule is O=C(NCCc1nc2ccc(F)cc2[nH]1)C1CCCN(Cc2ccco2)C1. The number of furan rings is 1. The molecule has 3 aromatic rings. The van der Waals surface area contributed by atoms with Crippen LogP contribution in [0.3, 0.4) is 0 Å². The third-order valence-corrected chi connectivity index (χ3v) is 4.99. The molecule has 4 rings (SSSR count). The first-order valence-corrected chi connectivity index (χ1v) is 9.34. The number of rotatable bonds is 6. The molecule has 2 N–H and O–H groups in total. The highest BCUT2D eigenvalue weighted by molar-refractivity contribution is 5.79. The van der Waals surface area contributed by atoms with E-state index in [2.05, 4.69) is 20.2 Å². The topological polar surface area (TPSA) is 74.2 Å². The van der Waals surface area contributed by atoms with E-state index in [0.717, 1.165) is 49.6 Å². The molecule has 142 valence electrons. The van der Waals surface area contributed by atoms with Gasteiger partial charge >= 0.3 is 0 Å². The number of likely N-dealkylation sites (tertiary alicyclic amines) is 1. The Bertz CT molecular complexity index is 906. The first-order chi connectivity index (χ1) is 13.2. The molecule has 1 amide bonds. The van der Waals surface area contributed by atoms with Crippen molar-refractivity contribution in [2.45, 2.75) is 25.8 Å². The summed E-state index contributed by atoms with van der Waals surface area (Å²) in [5.74, 6) is 1.47. The molecule has 1 fully saturated rings. The first kappa shape index (κ1) is 17.7. The van der Waals surface area contributed by atoms with E-state index in [4.69, 9.17) is 4.42 Å². The average molecular weight is 370 g/mol. The lowest BCUT2D eigenvalue weighted by Crippen LogP contribution is -2.43. The molecule has 1 saturated heterocycles. The Hall–Kier alpha value is -2.67. The largest absolute Gasteiger partial charge is 0.468 e. The van der Waals surface area contributed by atoms with Crippen LogP contribution in [-0.4, -0.2) is 40.4 Å². The summed E-state index contributed by atoms with van der Waals surface area (Å²) in [6.07, 6.45) is 4.18. The second-order valence-corrected chi connectivity index (χ2v) is 7.04. The van der Waals surface area contributed by atoms with Crippen molar-refractivity contribution >= 4 is 16.9 Å². The van der Waals surface area contributed by atoms with Gasteiger partial charge in [-0.15, -0.1) is 0 Å². The van der Waals surface area contributed by atoms with Gasteiger partial charge in [-0.2, -0.15) is 0 Å². The molecule has 2 aromatic heterocycles. The molecule has 1 aromatic carbocycles. The predicted octanol–water partition coefficient (Wildman–Crippen LogP) is 2.87. The second kappa shape index (κ2) is 7.92. The van der Waals surface area contributed by atoms with E-state index in [1.807, 2.05) is 12.1 Å². The van der Waals surface area contributed by atoms with Gasteiger partial charge in [-0.3, -0.25) is 9.69 Å². The highest BCUT2D eigenvalue weighted by atomic mass is 19.1. The van der Waals surface area contributed by atoms with Crippen LogP contribution in [0.1, 0.15) is 24.4 Å². The normalized spacial score (nSPS) is 18.0. The van der Waals surface area contributed by atoms with E-state index < -0.39 is 0 Å². The summed E-state index contributed by atoms with van der Waals surface area (Å²) >= 11 is 0. The van der Waals surface area contributed by atoms with Crippen LogP contribution in [0.5, 0.6) is 0 Å². The van der Waals surface area contributed by atoms with Crippen LogP contribution in [0, 0.1) is 11.7 Å². The van der Waals surface area contributed by atoms with Crippen LogP contribution >= 0.6 is 0 Å². The number of nitrogens with one attached hydrogen (secondary N) is 2. The number of carbonyl (C=O) groups excluding carboxylic acids is 1. The lowest BCUT2D eigenvalue weighted by Gasteiger charge is -2.31. The summed E-state index contributed by atoms with van der Waals surface area (Å²) in [6, 6.07) is 8.32. The highest BCUT2D eigenvalue weighted by Gasteiger charge is 2.26. The number of benzene rings is 1. The monoisotopic (exact) mass is 370 g/mol. The molecule has 1 atom stereocenters. The fourth-order valence-corrected chi connectivity index (χ4v) is 3.64. The van der Waals surface area contributed by atoms with Crippen LogP contribution in [0.15, 0.2) is 41.0 Å². The molecular weight excluding hydrogens is 347 g/mol. The molecule has 1 aliphatic rings. The highest BCUT2D eigenvalue weighted by Crippen LogP contribution is 2.19. The molecule has 1 unspecified atom stereocenters. The van der Waals surface area contributed by atoms with E-state index in [-0.39, 0.29) is 17.6 Å². The standard InChI is InChI=1S/C20H23FN4O2/c21-15-5-6-17-18(11-15)24-19(23-17)7-8-22-20(26)14-3-1-9-25(12-14)13-16-4-2-10-27-16/h2,4-6,10-11,14H,1,3,7-9,12-13H2,(H,22,26)(H,23,24). The molecule has 0 bridgehead atoms. The Kier molecular flexibility index (Phi) is 5.20. The zero-order valence-electron chi connectivity index (χ0n) is 15.1. The molecule has 27 heavy (non-hydrogen) atoms. The Morgan fingerprint density at radius 2 is 2.33 bits per heavy atom. The van der Waals surface area contributed by atoms with Gasteiger partial charge < -0.3 is 14.7 Å². The molecule has 7 heteroatoms. The number of imidazole rings is 1. The smallest absolute Gasteiger partial charge is 0.224 e. The molecule has 0 radical (unpaired) electrons. The summed E-state index contributed by atoms with van der Waals surface area (Å²) in [5.41, 5.74) is 1.41. The van der Waals surface area contributed by atoms with Crippen molar-refractivity contribution in [3.8, 4) is 0 Å². The van der Waals surface area contributed by atoms with Gasteiger partial charge in [-0.1, -0.05) is 0 Å². The molecule has 6 nitrogen and oxygen atoms in total. The minimum atomic E-state index is -0.289. The number of halogens is 1. The van der Waals surface area contributed by atoms with Crippen molar-refractivity contribution in [3.05, 3.63) is 54.0 Å².